The number of halogens is 1. The number of benzene rings is 3. The van der Waals surface area contributed by atoms with E-state index in [9.17, 15) is 9.59 Å². The second-order valence-electron chi connectivity index (χ2n) is 6.85. The van der Waals surface area contributed by atoms with Crippen LogP contribution < -0.4 is 0 Å². The molecule has 0 aliphatic carbocycles. The van der Waals surface area contributed by atoms with Crippen molar-refractivity contribution in [3.8, 4) is 11.3 Å². The number of ether oxygens (including phenoxy) is 2. The topological polar surface area (TPSA) is 65.5 Å². The van der Waals surface area contributed by atoms with E-state index in [-0.39, 0.29) is 6.61 Å². The summed E-state index contributed by atoms with van der Waals surface area (Å²) in [7, 11) is 1.33. The molecule has 154 valence electrons. The van der Waals surface area contributed by atoms with E-state index in [1.54, 1.807) is 30.3 Å². The van der Waals surface area contributed by atoms with Crippen LogP contribution in [0, 0.1) is 0 Å². The number of aromatic nitrogens is 1. The maximum absolute atomic E-state index is 13.0. The number of pyridine rings is 1. The molecule has 0 saturated heterocycles. The van der Waals surface area contributed by atoms with Gasteiger partial charge >= 0.3 is 11.9 Å². The van der Waals surface area contributed by atoms with E-state index >= 15 is 0 Å². The quantitative estimate of drug-likeness (QED) is 0.340. The van der Waals surface area contributed by atoms with Crippen LogP contribution in [0.2, 0.25) is 0 Å². The molecule has 0 saturated carbocycles. The maximum atomic E-state index is 13.0. The molecule has 31 heavy (non-hydrogen) atoms. The summed E-state index contributed by atoms with van der Waals surface area (Å²) in [6.07, 6.45) is 0. The van der Waals surface area contributed by atoms with Crippen molar-refractivity contribution < 1.29 is 19.1 Å². The van der Waals surface area contributed by atoms with Gasteiger partial charge in [0, 0.05) is 15.4 Å². The van der Waals surface area contributed by atoms with Crippen LogP contribution in [0.5, 0.6) is 0 Å². The molecule has 0 aliphatic heterocycles. The van der Waals surface area contributed by atoms with E-state index < -0.39 is 11.9 Å². The van der Waals surface area contributed by atoms with Gasteiger partial charge in [-0.3, -0.25) is 0 Å². The Morgan fingerprint density at radius 1 is 0.903 bits per heavy atom. The fourth-order valence-corrected chi connectivity index (χ4v) is 3.62. The molecule has 1 heterocycles. The highest BCUT2D eigenvalue weighted by atomic mass is 79.9. The third kappa shape index (κ3) is 4.64. The number of fused-ring (bicyclic) bond motifs is 1. The number of carbonyl (C=O) groups excluding carboxylic acids is 2. The van der Waals surface area contributed by atoms with Gasteiger partial charge in [0.15, 0.2) is 0 Å². The molecule has 0 N–H and O–H groups in total. The van der Waals surface area contributed by atoms with Crippen molar-refractivity contribution in [3.05, 3.63) is 100 Å². The second-order valence-corrected chi connectivity index (χ2v) is 7.76. The number of para-hydroxylation sites is 1. The first-order valence-corrected chi connectivity index (χ1v) is 10.3. The second kappa shape index (κ2) is 9.10. The molecule has 0 atom stereocenters. The molecule has 0 unspecified atom stereocenters. The van der Waals surface area contributed by atoms with E-state index in [2.05, 4.69) is 15.9 Å². The van der Waals surface area contributed by atoms with Crippen LogP contribution in [0.15, 0.2) is 83.3 Å². The van der Waals surface area contributed by atoms with Crippen LogP contribution in [0.4, 0.5) is 0 Å². The van der Waals surface area contributed by atoms with Gasteiger partial charge in [0.2, 0.25) is 0 Å². The summed E-state index contributed by atoms with van der Waals surface area (Å²) >= 11 is 3.48. The molecule has 0 radical (unpaired) electrons. The summed E-state index contributed by atoms with van der Waals surface area (Å²) in [5.74, 6) is -0.848. The van der Waals surface area contributed by atoms with E-state index in [0.29, 0.717) is 22.3 Å². The lowest BCUT2D eigenvalue weighted by molar-refractivity contribution is 0.0473. The zero-order valence-electron chi connectivity index (χ0n) is 16.7. The van der Waals surface area contributed by atoms with E-state index in [0.717, 1.165) is 21.0 Å². The van der Waals surface area contributed by atoms with E-state index in [1.165, 1.54) is 7.11 Å². The van der Waals surface area contributed by atoms with Crippen LogP contribution in [-0.2, 0) is 16.1 Å². The SMILES string of the molecule is COC(=O)c1ccc(COC(=O)c2cc(-c3cccc(Br)c3)nc3ccccc23)cc1. The van der Waals surface area contributed by atoms with Gasteiger partial charge < -0.3 is 9.47 Å². The minimum Gasteiger partial charge on any atom is -0.465 e. The Kier molecular flexibility index (Phi) is 6.09. The normalized spacial score (nSPS) is 10.6. The Labute approximate surface area is 187 Å². The van der Waals surface area contributed by atoms with Crippen molar-refractivity contribution in [2.75, 3.05) is 7.11 Å². The maximum Gasteiger partial charge on any atom is 0.339 e. The highest BCUT2D eigenvalue weighted by molar-refractivity contribution is 9.10. The summed E-state index contributed by atoms with van der Waals surface area (Å²) in [5.41, 5.74) is 3.96. The number of hydrogen-bond acceptors (Lipinski definition) is 5. The lowest BCUT2D eigenvalue weighted by Crippen LogP contribution is -2.07. The van der Waals surface area contributed by atoms with Crippen LogP contribution in [0.25, 0.3) is 22.2 Å². The zero-order valence-corrected chi connectivity index (χ0v) is 18.3. The van der Waals surface area contributed by atoms with Gasteiger partial charge in [-0.1, -0.05) is 58.4 Å². The average molecular weight is 476 g/mol. The van der Waals surface area contributed by atoms with Gasteiger partial charge in [0.1, 0.15) is 6.61 Å². The van der Waals surface area contributed by atoms with Gasteiger partial charge in [-0.15, -0.1) is 0 Å². The number of esters is 2. The Morgan fingerprint density at radius 2 is 1.68 bits per heavy atom. The molecule has 0 aliphatic rings. The molecule has 6 heteroatoms. The van der Waals surface area contributed by atoms with Crippen LogP contribution in [0.3, 0.4) is 0 Å². The van der Waals surface area contributed by atoms with Gasteiger partial charge in [0.05, 0.1) is 29.4 Å². The Balaban J connectivity index is 1.62. The Hall–Kier alpha value is -3.51. The average Bonchev–Trinajstić information content (AvgIpc) is 2.81. The van der Waals surface area contributed by atoms with Crippen LogP contribution in [-0.4, -0.2) is 24.0 Å². The first-order valence-electron chi connectivity index (χ1n) is 9.55. The molecular weight excluding hydrogens is 458 g/mol. The number of nitrogens with zero attached hydrogens (tertiary/aromatic N) is 1. The van der Waals surface area contributed by atoms with Crippen molar-refractivity contribution >= 4 is 38.8 Å². The Morgan fingerprint density at radius 3 is 2.42 bits per heavy atom. The molecule has 0 spiro atoms. The van der Waals surface area contributed by atoms with Gasteiger partial charge in [-0.05, 0) is 42.0 Å². The third-order valence-corrected chi connectivity index (χ3v) is 5.29. The van der Waals surface area contributed by atoms with Gasteiger partial charge in [0.25, 0.3) is 0 Å². The molecule has 4 aromatic rings. The van der Waals surface area contributed by atoms with Crippen molar-refractivity contribution in [1.82, 2.24) is 4.98 Å². The summed E-state index contributed by atoms with van der Waals surface area (Å²) in [6, 6.07) is 23.7. The first-order chi connectivity index (χ1) is 15.0. The number of hydrogen-bond donors (Lipinski definition) is 0. The molecule has 1 aromatic heterocycles. The smallest absolute Gasteiger partial charge is 0.339 e. The van der Waals surface area contributed by atoms with Gasteiger partial charge in [-0.25, -0.2) is 14.6 Å². The highest BCUT2D eigenvalue weighted by Crippen LogP contribution is 2.27. The molecule has 0 amide bonds. The van der Waals surface area contributed by atoms with Crippen LogP contribution in [0.1, 0.15) is 26.3 Å². The van der Waals surface area contributed by atoms with Crippen molar-refractivity contribution in [3.63, 3.8) is 0 Å². The minimum atomic E-state index is -0.438. The zero-order chi connectivity index (χ0) is 21.8. The summed E-state index contributed by atoms with van der Waals surface area (Å²) in [4.78, 5) is 29.2. The number of carbonyl (C=O) groups is 2. The van der Waals surface area contributed by atoms with Gasteiger partial charge in [-0.2, -0.15) is 0 Å². The molecule has 0 fully saturated rings. The highest BCUT2D eigenvalue weighted by Gasteiger charge is 2.16. The monoisotopic (exact) mass is 475 g/mol. The summed E-state index contributed by atoms with van der Waals surface area (Å²) < 4.78 is 11.2. The third-order valence-electron chi connectivity index (χ3n) is 4.80. The predicted octanol–water partition coefficient (Wildman–Crippen LogP) is 5.81. The fraction of sp³-hybridized carbons (Fsp3) is 0.0800. The minimum absolute atomic E-state index is 0.0865. The summed E-state index contributed by atoms with van der Waals surface area (Å²) in [5, 5.41) is 0.729. The standard InChI is InChI=1S/C25H18BrNO4/c1-30-24(28)17-11-9-16(10-12-17)15-31-25(29)21-14-23(18-5-4-6-19(26)13-18)27-22-8-3-2-7-20(21)22/h2-14H,15H2,1H3. The predicted molar refractivity (Wildman–Crippen MR) is 122 cm³/mol. The lowest BCUT2D eigenvalue weighted by atomic mass is 10.0. The van der Waals surface area contributed by atoms with Crippen molar-refractivity contribution in [2.24, 2.45) is 0 Å². The molecule has 0 bridgehead atoms. The molecule has 5 nitrogen and oxygen atoms in total. The molecular formula is C25H18BrNO4. The number of methoxy groups -OCH3 is 1. The van der Waals surface area contributed by atoms with Crippen molar-refractivity contribution in [1.29, 1.82) is 0 Å². The summed E-state index contributed by atoms with van der Waals surface area (Å²) in [6.45, 7) is 0.0865. The Bertz CT molecular complexity index is 1270. The molecule has 4 rings (SSSR count). The van der Waals surface area contributed by atoms with Crippen molar-refractivity contribution in [2.45, 2.75) is 6.61 Å². The fourth-order valence-electron chi connectivity index (χ4n) is 3.22. The van der Waals surface area contributed by atoms with E-state index in [1.807, 2.05) is 48.5 Å². The van der Waals surface area contributed by atoms with E-state index in [4.69, 9.17) is 14.5 Å². The molecule has 3 aromatic carbocycles. The lowest BCUT2D eigenvalue weighted by Gasteiger charge is -2.11. The number of rotatable bonds is 5. The largest absolute Gasteiger partial charge is 0.465 e. The first kappa shape index (κ1) is 20.8. The van der Waals surface area contributed by atoms with Crippen LogP contribution >= 0.6 is 15.9 Å².